The molecule has 0 aromatic carbocycles. The number of hydrogen-bond donors (Lipinski definition) is 7. The van der Waals surface area contributed by atoms with Crippen LogP contribution in [0.25, 0.3) is 0 Å². The van der Waals surface area contributed by atoms with Gasteiger partial charge in [0, 0.05) is 144 Å². The lowest BCUT2D eigenvalue weighted by atomic mass is 10.3. The summed E-state index contributed by atoms with van der Waals surface area (Å²) in [6.45, 7) is 13.5. The van der Waals surface area contributed by atoms with E-state index in [1.807, 2.05) is 0 Å². The number of hydrogen-bond acceptors (Lipinski definition) is 12. The van der Waals surface area contributed by atoms with Crippen LogP contribution < -0.4 is 0 Å². The predicted octanol–water partition coefficient (Wildman–Crippen LogP) is -1.83. The summed E-state index contributed by atoms with van der Waals surface area (Å²) in [5.41, 5.74) is 0. The van der Waals surface area contributed by atoms with Crippen LogP contribution in [0.4, 0.5) is 0 Å². The van der Waals surface area contributed by atoms with E-state index in [0.717, 1.165) is 98.2 Å². The number of nitrogens with zero attached hydrogens (tertiary/aromatic N) is 5. The molecule has 0 radical (unpaired) electrons. The van der Waals surface area contributed by atoms with Crippen molar-refractivity contribution in [3.05, 3.63) is 0 Å². The summed E-state index contributed by atoms with van der Waals surface area (Å²) in [6.07, 6.45) is 4.98. The third kappa shape index (κ3) is 24.6. The van der Waals surface area contributed by atoms with Gasteiger partial charge in [0.05, 0.1) is 0 Å². The van der Waals surface area contributed by atoms with E-state index in [1.165, 1.54) is 0 Å². The van der Waals surface area contributed by atoms with Crippen molar-refractivity contribution in [1.82, 2.24) is 24.5 Å². The van der Waals surface area contributed by atoms with Crippen molar-refractivity contribution in [1.29, 1.82) is 0 Å². The van der Waals surface area contributed by atoms with Gasteiger partial charge in [-0.3, -0.25) is 0 Å². The molecular formula is C29H65N5O7. The Balaban J connectivity index is 5.08. The van der Waals surface area contributed by atoms with E-state index in [-0.39, 0.29) is 46.2 Å². The molecule has 0 aliphatic carbocycles. The number of rotatable bonds is 33. The van der Waals surface area contributed by atoms with Crippen LogP contribution >= 0.6 is 0 Å². The summed E-state index contributed by atoms with van der Waals surface area (Å²) < 4.78 is 0. The van der Waals surface area contributed by atoms with Gasteiger partial charge in [0.15, 0.2) is 0 Å². The molecule has 0 aliphatic heterocycles. The van der Waals surface area contributed by atoms with Crippen LogP contribution in [0.15, 0.2) is 0 Å². The van der Waals surface area contributed by atoms with Gasteiger partial charge in [0.1, 0.15) is 0 Å². The fraction of sp³-hybridized carbons (Fsp3) is 1.00. The molecule has 0 aliphatic rings. The van der Waals surface area contributed by atoms with Gasteiger partial charge in [-0.1, -0.05) is 0 Å². The average molecular weight is 596 g/mol. The highest BCUT2D eigenvalue weighted by molar-refractivity contribution is 4.71. The third-order valence-electron chi connectivity index (χ3n) is 7.36. The monoisotopic (exact) mass is 595 g/mol. The second-order valence-electron chi connectivity index (χ2n) is 10.7. The van der Waals surface area contributed by atoms with Crippen LogP contribution in [0.3, 0.4) is 0 Å². The van der Waals surface area contributed by atoms with Gasteiger partial charge in [-0.05, 0) is 44.9 Å². The van der Waals surface area contributed by atoms with E-state index in [2.05, 4.69) is 24.5 Å². The Bertz CT molecular complexity index is 472. The van der Waals surface area contributed by atoms with Crippen molar-refractivity contribution in [2.24, 2.45) is 0 Å². The van der Waals surface area contributed by atoms with Crippen molar-refractivity contribution in [3.63, 3.8) is 0 Å². The van der Waals surface area contributed by atoms with Crippen LogP contribution in [-0.4, -0.2) is 205 Å². The van der Waals surface area contributed by atoms with E-state index >= 15 is 0 Å². The summed E-state index contributed by atoms with van der Waals surface area (Å²) in [4.78, 5) is 11.7. The lowest BCUT2D eigenvalue weighted by Crippen LogP contribution is -2.44. The summed E-state index contributed by atoms with van der Waals surface area (Å²) in [5.74, 6) is 0. The van der Waals surface area contributed by atoms with Crippen LogP contribution in [0, 0.1) is 0 Å². The van der Waals surface area contributed by atoms with Crippen LogP contribution in [-0.2, 0) is 0 Å². The lowest BCUT2D eigenvalue weighted by molar-refractivity contribution is 0.132. The van der Waals surface area contributed by atoms with Crippen LogP contribution in [0.5, 0.6) is 0 Å². The molecule has 7 N–H and O–H groups in total. The molecule has 248 valence electrons. The first kappa shape index (κ1) is 40.5. The molecular weight excluding hydrogens is 530 g/mol. The fourth-order valence-electron chi connectivity index (χ4n) is 4.87. The van der Waals surface area contributed by atoms with E-state index in [9.17, 15) is 35.7 Å². The second kappa shape index (κ2) is 31.0. The zero-order valence-corrected chi connectivity index (χ0v) is 25.9. The van der Waals surface area contributed by atoms with Crippen molar-refractivity contribution in [3.8, 4) is 0 Å². The SMILES string of the molecule is OCCCN(CCCO)CCN(CCCO)CCN(CCCO)CCN(CCCO)CCN(CCCO)CCCO. The molecule has 12 nitrogen and oxygen atoms in total. The van der Waals surface area contributed by atoms with Gasteiger partial charge in [-0.15, -0.1) is 0 Å². The Morgan fingerprint density at radius 3 is 0.439 bits per heavy atom. The van der Waals surface area contributed by atoms with E-state index in [1.54, 1.807) is 0 Å². The number of aliphatic hydroxyl groups excluding tert-OH is 7. The number of aliphatic hydroxyl groups is 7. The zero-order chi connectivity index (χ0) is 30.4. The summed E-state index contributed by atoms with van der Waals surface area (Å²) in [5, 5.41) is 65.3. The Morgan fingerprint density at radius 1 is 0.195 bits per heavy atom. The molecule has 0 aromatic heterocycles. The highest BCUT2D eigenvalue weighted by atomic mass is 16.3. The normalized spacial score (nSPS) is 12.3. The molecule has 0 heterocycles. The average Bonchev–Trinajstić information content (AvgIpc) is 2.99. The molecule has 0 spiro atoms. The molecule has 0 fully saturated rings. The zero-order valence-electron chi connectivity index (χ0n) is 25.9. The topological polar surface area (TPSA) is 158 Å². The van der Waals surface area contributed by atoms with Gasteiger partial charge in [-0.25, -0.2) is 0 Å². The van der Waals surface area contributed by atoms with Crippen molar-refractivity contribution in [2.75, 3.05) is 144 Å². The first-order valence-corrected chi connectivity index (χ1v) is 16.0. The predicted molar refractivity (Wildman–Crippen MR) is 164 cm³/mol. The first-order valence-electron chi connectivity index (χ1n) is 16.0. The van der Waals surface area contributed by atoms with Gasteiger partial charge < -0.3 is 60.2 Å². The van der Waals surface area contributed by atoms with Gasteiger partial charge in [-0.2, -0.15) is 0 Å². The smallest absolute Gasteiger partial charge is 0.0443 e. The summed E-state index contributed by atoms with van der Waals surface area (Å²) in [7, 11) is 0. The maximum atomic E-state index is 9.49. The lowest BCUT2D eigenvalue weighted by Gasteiger charge is -2.32. The van der Waals surface area contributed by atoms with Crippen molar-refractivity contribution in [2.45, 2.75) is 44.9 Å². The molecule has 0 bridgehead atoms. The second-order valence-corrected chi connectivity index (χ2v) is 10.7. The highest BCUT2D eigenvalue weighted by Crippen LogP contribution is 2.03. The molecule has 0 rings (SSSR count). The van der Waals surface area contributed by atoms with E-state index in [4.69, 9.17) is 0 Å². The standard InChI is InChI=1S/C29H65N5O7/c35-23-1-8-30(9-2-24-36)15-17-32(12-5-27-39)19-21-34(14-7-29-41)22-20-33(13-6-28-40)18-16-31(10-3-25-37)11-4-26-38/h35-41H,1-29H2. The Kier molecular flexibility index (Phi) is 30.6. The Morgan fingerprint density at radius 2 is 0.317 bits per heavy atom. The molecule has 41 heavy (non-hydrogen) atoms. The molecule has 0 unspecified atom stereocenters. The highest BCUT2D eigenvalue weighted by Gasteiger charge is 2.15. The maximum Gasteiger partial charge on any atom is 0.0443 e. The van der Waals surface area contributed by atoms with Crippen LogP contribution in [0.1, 0.15) is 44.9 Å². The van der Waals surface area contributed by atoms with Crippen molar-refractivity contribution < 1.29 is 35.7 Å². The molecule has 12 heteroatoms. The molecule has 0 amide bonds. The quantitative estimate of drug-likeness (QED) is 0.0456. The molecule has 0 saturated carbocycles. The minimum atomic E-state index is 0.147. The minimum Gasteiger partial charge on any atom is -0.396 e. The fourth-order valence-corrected chi connectivity index (χ4v) is 4.87. The summed E-state index contributed by atoms with van der Waals surface area (Å²) in [6, 6.07) is 0. The third-order valence-corrected chi connectivity index (χ3v) is 7.36. The van der Waals surface area contributed by atoms with Crippen LogP contribution in [0.2, 0.25) is 0 Å². The summed E-state index contributed by atoms with van der Waals surface area (Å²) >= 11 is 0. The largest absolute Gasteiger partial charge is 0.396 e. The van der Waals surface area contributed by atoms with E-state index in [0.29, 0.717) is 44.9 Å². The van der Waals surface area contributed by atoms with Crippen molar-refractivity contribution >= 4 is 0 Å². The maximum absolute atomic E-state index is 9.49. The van der Waals surface area contributed by atoms with Gasteiger partial charge in [0.2, 0.25) is 0 Å². The van der Waals surface area contributed by atoms with Gasteiger partial charge in [0.25, 0.3) is 0 Å². The molecule has 0 saturated heterocycles. The van der Waals surface area contributed by atoms with E-state index < -0.39 is 0 Å². The molecule has 0 aromatic rings. The Labute approximate surface area is 249 Å². The molecule has 0 atom stereocenters. The van der Waals surface area contributed by atoms with Gasteiger partial charge >= 0.3 is 0 Å². The minimum absolute atomic E-state index is 0.147. The Hall–Kier alpha value is -0.480. The first-order chi connectivity index (χ1) is 20.1.